The number of carboxylic acid groups (broad SMARTS) is 1. The standard InChI is InChI=1S/C24H25NO7S/c1-3-14-33(28,29)22(19-6-4-5-7-21(19)30-2)18-9-8-16(15-20(18)23(26)27)17-10-12-31-24(17)32-13-11-25/h3-10,12,15,22H,1,11,13-14,25H2,2H3,(H,26,27). The molecule has 8 nitrogen and oxygen atoms in total. The molecule has 174 valence electrons. The minimum atomic E-state index is -3.87. The van der Waals surface area contributed by atoms with Crippen molar-refractivity contribution in [3.63, 3.8) is 0 Å². The number of carboxylic acids is 1. The van der Waals surface area contributed by atoms with Gasteiger partial charge in [-0.05, 0) is 29.3 Å². The first-order valence-corrected chi connectivity index (χ1v) is 11.8. The summed E-state index contributed by atoms with van der Waals surface area (Å²) < 4.78 is 42.8. The molecule has 0 aliphatic carbocycles. The largest absolute Gasteiger partial charge is 0.496 e. The van der Waals surface area contributed by atoms with Gasteiger partial charge in [0.15, 0.2) is 9.84 Å². The summed E-state index contributed by atoms with van der Waals surface area (Å²) in [6.45, 7) is 4.04. The Balaban J connectivity index is 2.22. The van der Waals surface area contributed by atoms with E-state index in [4.69, 9.17) is 19.6 Å². The number of benzene rings is 2. The Hall–Kier alpha value is -3.56. The Morgan fingerprint density at radius 2 is 1.97 bits per heavy atom. The first-order valence-electron chi connectivity index (χ1n) is 10.1. The highest BCUT2D eigenvalue weighted by Gasteiger charge is 2.34. The molecule has 0 aliphatic rings. The smallest absolute Gasteiger partial charge is 0.336 e. The quantitative estimate of drug-likeness (QED) is 0.405. The van der Waals surface area contributed by atoms with Crippen LogP contribution in [0.1, 0.15) is 26.7 Å². The molecule has 1 heterocycles. The monoisotopic (exact) mass is 471 g/mol. The molecule has 1 atom stereocenters. The zero-order valence-electron chi connectivity index (χ0n) is 18.1. The number of ether oxygens (including phenoxy) is 2. The molecule has 3 rings (SSSR count). The summed E-state index contributed by atoms with van der Waals surface area (Å²) in [6, 6.07) is 12.8. The highest BCUT2D eigenvalue weighted by molar-refractivity contribution is 7.92. The topological polar surface area (TPSA) is 129 Å². The van der Waals surface area contributed by atoms with Gasteiger partial charge in [0.2, 0.25) is 0 Å². The minimum absolute atomic E-state index is 0.116. The van der Waals surface area contributed by atoms with Crippen LogP contribution in [0.3, 0.4) is 0 Å². The average molecular weight is 472 g/mol. The number of rotatable bonds is 11. The third-order valence-electron chi connectivity index (χ3n) is 4.99. The van der Waals surface area contributed by atoms with Gasteiger partial charge in [-0.2, -0.15) is 0 Å². The zero-order valence-corrected chi connectivity index (χ0v) is 18.9. The van der Waals surface area contributed by atoms with Gasteiger partial charge in [0.05, 0.1) is 30.3 Å². The van der Waals surface area contributed by atoms with Crippen molar-refractivity contribution >= 4 is 15.8 Å². The number of hydrogen-bond acceptors (Lipinski definition) is 7. The van der Waals surface area contributed by atoms with Crippen LogP contribution >= 0.6 is 0 Å². The Morgan fingerprint density at radius 1 is 1.21 bits per heavy atom. The molecule has 0 radical (unpaired) electrons. The van der Waals surface area contributed by atoms with Crippen molar-refractivity contribution in [3.8, 4) is 22.8 Å². The number of methoxy groups -OCH3 is 1. The Morgan fingerprint density at radius 3 is 2.64 bits per heavy atom. The summed E-state index contributed by atoms with van der Waals surface area (Å²) in [4.78, 5) is 12.3. The second kappa shape index (κ2) is 10.4. The van der Waals surface area contributed by atoms with E-state index in [9.17, 15) is 18.3 Å². The van der Waals surface area contributed by atoms with Crippen LogP contribution in [0, 0.1) is 0 Å². The fourth-order valence-corrected chi connectivity index (χ4v) is 5.30. The molecule has 0 aliphatic heterocycles. The molecule has 0 fully saturated rings. The van der Waals surface area contributed by atoms with E-state index in [1.165, 1.54) is 31.6 Å². The molecule has 3 aromatic rings. The maximum atomic E-state index is 13.3. The summed E-state index contributed by atoms with van der Waals surface area (Å²) in [6.07, 6.45) is 2.70. The van der Waals surface area contributed by atoms with Gasteiger partial charge in [0, 0.05) is 12.1 Å². The number of furan rings is 1. The zero-order chi connectivity index (χ0) is 24.0. The van der Waals surface area contributed by atoms with E-state index < -0.39 is 21.1 Å². The fraction of sp³-hybridized carbons (Fsp3) is 0.208. The molecule has 0 bridgehead atoms. The van der Waals surface area contributed by atoms with Crippen LogP contribution in [-0.4, -0.2) is 45.5 Å². The lowest BCUT2D eigenvalue weighted by Gasteiger charge is -2.22. The molecular formula is C24H25NO7S. The summed E-state index contributed by atoms with van der Waals surface area (Å²) in [5.74, 6) is -1.07. The summed E-state index contributed by atoms with van der Waals surface area (Å²) in [5, 5.41) is 8.72. The predicted molar refractivity (Wildman–Crippen MR) is 124 cm³/mol. The van der Waals surface area contributed by atoms with Crippen molar-refractivity contribution in [2.75, 3.05) is 26.0 Å². The number of aromatic carboxylic acids is 1. The second-order valence-electron chi connectivity index (χ2n) is 7.11. The van der Waals surface area contributed by atoms with Crippen LogP contribution in [-0.2, 0) is 9.84 Å². The van der Waals surface area contributed by atoms with Gasteiger partial charge in [-0.3, -0.25) is 0 Å². The van der Waals surface area contributed by atoms with Crippen molar-refractivity contribution in [1.82, 2.24) is 0 Å². The van der Waals surface area contributed by atoms with Crippen LogP contribution in [0.4, 0.5) is 0 Å². The van der Waals surface area contributed by atoms with E-state index >= 15 is 0 Å². The Kier molecular flexibility index (Phi) is 7.57. The highest BCUT2D eigenvalue weighted by atomic mass is 32.2. The van der Waals surface area contributed by atoms with Crippen LogP contribution in [0.25, 0.3) is 11.1 Å². The average Bonchev–Trinajstić information content (AvgIpc) is 3.26. The van der Waals surface area contributed by atoms with E-state index in [2.05, 4.69) is 6.58 Å². The first-order chi connectivity index (χ1) is 15.8. The molecule has 33 heavy (non-hydrogen) atoms. The van der Waals surface area contributed by atoms with E-state index in [1.807, 2.05) is 0 Å². The third kappa shape index (κ3) is 5.10. The number of nitrogens with two attached hydrogens (primary N) is 1. The lowest BCUT2D eigenvalue weighted by Crippen LogP contribution is -2.20. The normalized spacial score (nSPS) is 12.2. The van der Waals surface area contributed by atoms with Gasteiger partial charge in [-0.15, -0.1) is 6.58 Å². The van der Waals surface area contributed by atoms with Crippen LogP contribution < -0.4 is 15.2 Å². The molecule has 0 saturated heterocycles. The summed E-state index contributed by atoms with van der Waals surface area (Å²) in [7, 11) is -2.44. The molecular weight excluding hydrogens is 446 g/mol. The maximum Gasteiger partial charge on any atom is 0.336 e. The Bertz CT molecular complexity index is 1250. The fourth-order valence-electron chi connectivity index (χ4n) is 3.61. The maximum absolute atomic E-state index is 13.3. The first kappa shape index (κ1) is 24.1. The van der Waals surface area contributed by atoms with Crippen LogP contribution in [0.2, 0.25) is 0 Å². The lowest BCUT2D eigenvalue weighted by atomic mass is 9.95. The molecule has 0 saturated carbocycles. The van der Waals surface area contributed by atoms with Gasteiger partial charge in [0.25, 0.3) is 5.95 Å². The summed E-state index contributed by atoms with van der Waals surface area (Å²) >= 11 is 0. The number of para-hydroxylation sites is 1. The second-order valence-corrected chi connectivity index (χ2v) is 9.24. The van der Waals surface area contributed by atoms with Gasteiger partial charge < -0.3 is 24.7 Å². The molecule has 9 heteroatoms. The van der Waals surface area contributed by atoms with Crippen molar-refractivity contribution < 1.29 is 32.2 Å². The van der Waals surface area contributed by atoms with Crippen molar-refractivity contribution in [3.05, 3.63) is 84.1 Å². The van der Waals surface area contributed by atoms with Gasteiger partial charge in [0.1, 0.15) is 17.6 Å². The third-order valence-corrected chi connectivity index (χ3v) is 6.91. The van der Waals surface area contributed by atoms with Gasteiger partial charge >= 0.3 is 5.97 Å². The van der Waals surface area contributed by atoms with Crippen LogP contribution in [0.5, 0.6) is 11.7 Å². The summed E-state index contributed by atoms with van der Waals surface area (Å²) in [5.41, 5.74) is 6.79. The number of sulfone groups is 1. The number of hydrogen-bond donors (Lipinski definition) is 2. The van der Waals surface area contributed by atoms with E-state index in [-0.39, 0.29) is 36.0 Å². The highest BCUT2D eigenvalue weighted by Crippen LogP contribution is 2.40. The van der Waals surface area contributed by atoms with E-state index in [1.54, 1.807) is 36.4 Å². The van der Waals surface area contributed by atoms with Crippen molar-refractivity contribution in [1.29, 1.82) is 0 Å². The van der Waals surface area contributed by atoms with Crippen LogP contribution in [0.15, 0.2) is 71.9 Å². The predicted octanol–water partition coefficient (Wildman–Crippen LogP) is 3.68. The molecule has 0 amide bonds. The van der Waals surface area contributed by atoms with Gasteiger partial charge in [-0.1, -0.05) is 36.4 Å². The number of carbonyl (C=O) groups is 1. The molecule has 0 spiro atoms. The molecule has 1 unspecified atom stereocenters. The molecule has 3 N–H and O–H groups in total. The molecule has 2 aromatic carbocycles. The van der Waals surface area contributed by atoms with E-state index in [0.29, 0.717) is 22.4 Å². The van der Waals surface area contributed by atoms with E-state index in [0.717, 1.165) is 0 Å². The SMILES string of the molecule is C=CCS(=O)(=O)C(c1ccccc1OC)c1ccc(-c2ccoc2OCCN)cc1C(=O)O. The van der Waals surface area contributed by atoms with Crippen molar-refractivity contribution in [2.24, 2.45) is 5.73 Å². The van der Waals surface area contributed by atoms with Gasteiger partial charge in [-0.25, -0.2) is 13.2 Å². The lowest BCUT2D eigenvalue weighted by molar-refractivity contribution is 0.0695. The van der Waals surface area contributed by atoms with Crippen molar-refractivity contribution in [2.45, 2.75) is 5.25 Å². The minimum Gasteiger partial charge on any atom is -0.496 e. The molecule has 1 aromatic heterocycles. The Labute approximate surface area is 192 Å².